The first-order valence-electron chi connectivity index (χ1n) is 9.55. The quantitative estimate of drug-likeness (QED) is 0.436. The highest BCUT2D eigenvalue weighted by Gasteiger charge is 2.16. The molecule has 1 amide bonds. The molecule has 0 saturated carbocycles. The Kier molecular flexibility index (Phi) is 6.74. The molecule has 3 heterocycles. The molecule has 1 aromatic carbocycles. The van der Waals surface area contributed by atoms with Gasteiger partial charge in [-0.15, -0.1) is 16.4 Å². The van der Waals surface area contributed by atoms with Crippen LogP contribution in [0, 0.1) is 0 Å². The fraction of sp³-hybridized carbons (Fsp3) is 0.238. The molecule has 0 unspecified atom stereocenters. The van der Waals surface area contributed by atoms with Gasteiger partial charge in [0.05, 0.1) is 12.4 Å². The summed E-state index contributed by atoms with van der Waals surface area (Å²) in [5, 5.41) is 13.4. The minimum Gasteiger partial charge on any atom is -0.498 e. The Morgan fingerprint density at radius 3 is 2.90 bits per heavy atom. The Hall–Kier alpha value is -2.62. The van der Waals surface area contributed by atoms with Crippen LogP contribution in [0.2, 0.25) is 5.02 Å². The zero-order chi connectivity index (χ0) is 21.8. The number of rotatable bonds is 7. The molecule has 10 heteroatoms. The average molecular weight is 474 g/mol. The molecule has 0 bridgehead atoms. The van der Waals surface area contributed by atoms with Crippen LogP contribution in [0.1, 0.15) is 41.3 Å². The lowest BCUT2D eigenvalue weighted by molar-refractivity contribution is 0.102. The number of thiazole rings is 1. The summed E-state index contributed by atoms with van der Waals surface area (Å²) in [6, 6.07) is 7.61. The molecule has 0 saturated heterocycles. The summed E-state index contributed by atoms with van der Waals surface area (Å²) in [6.07, 6.45) is 2.97. The van der Waals surface area contributed by atoms with E-state index >= 15 is 0 Å². The Balaban J connectivity index is 1.35. The minimum absolute atomic E-state index is 0.286. The maximum Gasteiger partial charge on any atom is 0.277 e. The van der Waals surface area contributed by atoms with Crippen LogP contribution in [0.5, 0.6) is 0 Å². The lowest BCUT2D eigenvalue weighted by Gasteiger charge is -1.99. The molecule has 0 atom stereocenters. The second-order valence-electron chi connectivity index (χ2n) is 6.88. The van der Waals surface area contributed by atoms with Crippen molar-refractivity contribution in [2.24, 2.45) is 0 Å². The van der Waals surface area contributed by atoms with Crippen LogP contribution in [0.25, 0.3) is 5.57 Å². The molecule has 7 nitrogen and oxygen atoms in total. The fourth-order valence-corrected chi connectivity index (χ4v) is 4.56. The lowest BCUT2D eigenvalue weighted by atomic mass is 10.1. The third-order valence-electron chi connectivity index (χ3n) is 4.59. The Labute approximate surface area is 193 Å². The number of H-pyrrole nitrogens is 1. The number of thioether (sulfide) groups is 1. The number of carbonyl (C=O) groups is 1. The summed E-state index contributed by atoms with van der Waals surface area (Å²) in [5.41, 5.74) is 3.62. The number of halogens is 1. The summed E-state index contributed by atoms with van der Waals surface area (Å²) < 4.78 is 5.49. The summed E-state index contributed by atoms with van der Waals surface area (Å²) in [7, 11) is 0. The molecule has 2 N–H and O–H groups in total. The van der Waals surface area contributed by atoms with Gasteiger partial charge in [0.1, 0.15) is 10.7 Å². The molecule has 31 heavy (non-hydrogen) atoms. The van der Waals surface area contributed by atoms with Crippen LogP contribution in [0.15, 0.2) is 52.2 Å². The van der Waals surface area contributed by atoms with Crippen molar-refractivity contribution < 1.29 is 9.53 Å². The highest BCUT2D eigenvalue weighted by molar-refractivity contribution is 7.98. The van der Waals surface area contributed by atoms with Crippen LogP contribution in [-0.4, -0.2) is 32.7 Å². The molecular formula is C21H20ClN5O2S2. The second-order valence-corrected chi connectivity index (χ2v) is 9.12. The van der Waals surface area contributed by atoms with Gasteiger partial charge in [-0.2, -0.15) is 4.98 Å². The van der Waals surface area contributed by atoms with Crippen molar-refractivity contribution in [1.29, 1.82) is 0 Å². The fourth-order valence-electron chi connectivity index (χ4n) is 2.91. The van der Waals surface area contributed by atoms with Crippen LogP contribution >= 0.6 is 34.7 Å². The molecular weight excluding hydrogens is 454 g/mol. The molecule has 0 fully saturated rings. The Morgan fingerprint density at radius 2 is 2.16 bits per heavy atom. The van der Waals surface area contributed by atoms with Crippen LogP contribution in [0.4, 0.5) is 5.95 Å². The van der Waals surface area contributed by atoms with E-state index in [2.05, 4.69) is 31.6 Å². The predicted octanol–water partition coefficient (Wildman–Crippen LogP) is 5.56. The molecule has 160 valence electrons. The van der Waals surface area contributed by atoms with Crippen molar-refractivity contribution in [3.8, 4) is 0 Å². The molecule has 2 aromatic heterocycles. The van der Waals surface area contributed by atoms with Crippen molar-refractivity contribution in [2.75, 3.05) is 11.9 Å². The normalized spacial score (nSPS) is 14.1. The molecule has 0 spiro atoms. The number of allylic oxidation sites excluding steroid dienone is 3. The van der Waals surface area contributed by atoms with Crippen molar-refractivity contribution in [3.63, 3.8) is 0 Å². The molecule has 3 aromatic rings. The van der Waals surface area contributed by atoms with Crippen molar-refractivity contribution >= 4 is 52.1 Å². The molecule has 4 rings (SSSR count). The summed E-state index contributed by atoms with van der Waals surface area (Å²) in [4.78, 5) is 21.3. The van der Waals surface area contributed by atoms with Gasteiger partial charge in [-0.25, -0.2) is 10.1 Å². The largest absolute Gasteiger partial charge is 0.498 e. The van der Waals surface area contributed by atoms with Gasteiger partial charge >= 0.3 is 0 Å². The number of nitrogens with one attached hydrogen (secondary N) is 2. The number of amides is 1. The number of ether oxygens (including phenoxy) is 1. The van der Waals surface area contributed by atoms with E-state index in [-0.39, 0.29) is 11.9 Å². The van der Waals surface area contributed by atoms with Gasteiger partial charge in [-0.1, -0.05) is 35.5 Å². The van der Waals surface area contributed by atoms with Crippen LogP contribution in [0.3, 0.4) is 0 Å². The van der Waals surface area contributed by atoms with E-state index in [0.717, 1.165) is 28.3 Å². The number of aromatic nitrogens is 4. The van der Waals surface area contributed by atoms with Crippen LogP contribution < -0.4 is 5.32 Å². The van der Waals surface area contributed by atoms with Gasteiger partial charge in [0, 0.05) is 22.6 Å². The summed E-state index contributed by atoms with van der Waals surface area (Å²) in [6.45, 7) is 4.67. The third kappa shape index (κ3) is 5.55. The van der Waals surface area contributed by atoms with E-state index in [9.17, 15) is 4.79 Å². The van der Waals surface area contributed by atoms with Crippen molar-refractivity contribution in [3.05, 3.63) is 68.3 Å². The van der Waals surface area contributed by atoms with E-state index in [0.29, 0.717) is 28.2 Å². The first-order chi connectivity index (χ1) is 15.0. The molecule has 1 aliphatic rings. The first kappa shape index (κ1) is 21.6. The van der Waals surface area contributed by atoms with Gasteiger partial charge in [-0.3, -0.25) is 10.1 Å². The average Bonchev–Trinajstić information content (AvgIpc) is 3.50. The maximum atomic E-state index is 12.5. The van der Waals surface area contributed by atoms with Gasteiger partial charge < -0.3 is 4.74 Å². The van der Waals surface area contributed by atoms with Gasteiger partial charge in [0.25, 0.3) is 5.91 Å². The second kappa shape index (κ2) is 9.67. The summed E-state index contributed by atoms with van der Waals surface area (Å²) >= 11 is 8.79. The zero-order valence-electron chi connectivity index (χ0n) is 16.9. The number of carbonyl (C=O) groups excluding carboxylic acids is 1. The van der Waals surface area contributed by atoms with E-state index in [4.69, 9.17) is 16.3 Å². The van der Waals surface area contributed by atoms with Gasteiger partial charge in [0.2, 0.25) is 11.1 Å². The Morgan fingerprint density at radius 1 is 1.35 bits per heavy atom. The maximum absolute atomic E-state index is 12.5. The number of aromatic amines is 1. The smallest absolute Gasteiger partial charge is 0.277 e. The minimum atomic E-state index is -0.333. The summed E-state index contributed by atoms with van der Waals surface area (Å²) in [5.74, 6) is 1.60. The van der Waals surface area contributed by atoms with E-state index in [1.54, 1.807) is 5.38 Å². The number of nitrogens with zero attached hydrogens (tertiary/aromatic N) is 3. The number of benzene rings is 1. The number of anilines is 1. The number of hydrogen-bond acceptors (Lipinski definition) is 7. The van der Waals surface area contributed by atoms with Crippen LogP contribution in [-0.2, 0) is 10.5 Å². The topological polar surface area (TPSA) is 92.8 Å². The molecule has 0 radical (unpaired) electrons. The molecule has 1 aliphatic heterocycles. The van der Waals surface area contributed by atoms with E-state index in [1.165, 1.54) is 28.7 Å². The predicted molar refractivity (Wildman–Crippen MR) is 124 cm³/mol. The van der Waals surface area contributed by atoms with Crippen molar-refractivity contribution in [2.45, 2.75) is 31.2 Å². The standard InChI is InChI=1S/C21H20ClN5O2S2/c1-12(9-15-7-8-29-13(15)2)19-23-17(11-30-19)18(28)24-20-25-21(27-26-20)31-10-14-3-5-16(22)6-4-14/h3-6,9,11H,7-8,10H2,1-2H3,(H2,24,25,26,27,28)/b12-9+. The molecule has 0 aliphatic carbocycles. The number of hydrogen-bond donors (Lipinski definition) is 2. The highest BCUT2D eigenvalue weighted by Crippen LogP contribution is 2.26. The lowest BCUT2D eigenvalue weighted by Crippen LogP contribution is -2.13. The SMILES string of the molecule is CC1=C(/C=C(\C)c2nc(C(=O)Nc3nc(SCc4ccc(Cl)cc4)n[nH]3)cs2)CCO1. The van der Waals surface area contributed by atoms with E-state index in [1.807, 2.05) is 38.1 Å². The third-order valence-corrected chi connectivity index (χ3v) is 6.73. The monoisotopic (exact) mass is 473 g/mol. The van der Waals surface area contributed by atoms with E-state index < -0.39 is 0 Å². The van der Waals surface area contributed by atoms with Gasteiger partial charge in [0.15, 0.2) is 0 Å². The zero-order valence-corrected chi connectivity index (χ0v) is 19.3. The highest BCUT2D eigenvalue weighted by atomic mass is 35.5. The Bertz CT molecular complexity index is 1150. The first-order valence-corrected chi connectivity index (χ1v) is 11.8. The van der Waals surface area contributed by atoms with Gasteiger partial charge in [-0.05, 0) is 48.8 Å². The van der Waals surface area contributed by atoms with Crippen molar-refractivity contribution in [1.82, 2.24) is 20.2 Å².